The summed E-state index contributed by atoms with van der Waals surface area (Å²) >= 11 is 0. The van der Waals surface area contributed by atoms with Gasteiger partial charge in [-0.3, -0.25) is 9.89 Å². The van der Waals surface area contributed by atoms with Gasteiger partial charge < -0.3 is 10.5 Å². The molecule has 0 saturated carbocycles. The Labute approximate surface area is 132 Å². The molecule has 0 aliphatic heterocycles. The number of rotatable bonds is 2. The Kier molecular flexibility index (Phi) is 11.6. The molecule has 1 heterocycles. The van der Waals surface area contributed by atoms with Gasteiger partial charge in [-0.15, -0.1) is 0 Å². The predicted molar refractivity (Wildman–Crippen MR) is 89.9 cm³/mol. The molecule has 0 unspecified atom stereocenters. The second-order valence-electron chi connectivity index (χ2n) is 3.38. The molecule has 22 heavy (non-hydrogen) atoms. The molecule has 0 fully saturated rings. The standard InChI is InChI=1S/C10H10FN3O2.3C2H6/c1-4-7-6(11)3-5(10(12)15)9(16-2)8(7)14-13-4;3*1-2/h3H,1-2H3,(H2,12,15)(H,13,14);3*1-2H3. The summed E-state index contributed by atoms with van der Waals surface area (Å²) in [4.78, 5) is 11.1. The Hall–Kier alpha value is -2.11. The number of nitrogens with two attached hydrogens (primary N) is 1. The molecule has 1 amide bonds. The number of aromatic nitrogens is 2. The number of methoxy groups -OCH3 is 1. The molecule has 0 bridgehead atoms. The van der Waals surface area contributed by atoms with Crippen LogP contribution < -0.4 is 10.5 Å². The monoisotopic (exact) mass is 313 g/mol. The number of carbonyl (C=O) groups is 1. The van der Waals surface area contributed by atoms with Crippen molar-refractivity contribution < 1.29 is 13.9 Å². The Morgan fingerprint density at radius 3 is 2.14 bits per heavy atom. The Morgan fingerprint density at radius 1 is 1.23 bits per heavy atom. The number of halogens is 1. The van der Waals surface area contributed by atoms with Crippen LogP contribution in [0.2, 0.25) is 0 Å². The number of hydrogen-bond acceptors (Lipinski definition) is 3. The van der Waals surface area contributed by atoms with Crippen molar-refractivity contribution in [1.82, 2.24) is 10.2 Å². The number of aromatic amines is 1. The topological polar surface area (TPSA) is 81.0 Å². The van der Waals surface area contributed by atoms with Crippen molar-refractivity contribution in [2.75, 3.05) is 7.11 Å². The number of fused-ring (bicyclic) bond motifs is 1. The van der Waals surface area contributed by atoms with E-state index in [4.69, 9.17) is 10.5 Å². The molecule has 0 aliphatic rings. The number of hydrogen-bond donors (Lipinski definition) is 2. The van der Waals surface area contributed by atoms with Gasteiger partial charge >= 0.3 is 0 Å². The number of amides is 1. The zero-order chi connectivity index (χ0) is 17.9. The molecule has 1 aromatic heterocycles. The number of ether oxygens (including phenoxy) is 1. The summed E-state index contributed by atoms with van der Waals surface area (Å²) < 4.78 is 18.7. The highest BCUT2D eigenvalue weighted by Gasteiger charge is 2.19. The lowest BCUT2D eigenvalue weighted by molar-refractivity contribution is 0.0997. The molecule has 2 aromatic rings. The third-order valence-corrected chi connectivity index (χ3v) is 2.39. The maximum absolute atomic E-state index is 13.7. The van der Waals surface area contributed by atoms with Crippen molar-refractivity contribution in [3.63, 3.8) is 0 Å². The maximum atomic E-state index is 13.7. The third-order valence-electron chi connectivity index (χ3n) is 2.39. The van der Waals surface area contributed by atoms with Crippen LogP contribution in [0.15, 0.2) is 6.07 Å². The van der Waals surface area contributed by atoms with E-state index >= 15 is 0 Å². The first-order valence-corrected chi connectivity index (χ1v) is 7.57. The molecule has 5 nitrogen and oxygen atoms in total. The van der Waals surface area contributed by atoms with Crippen LogP contribution in [0.1, 0.15) is 57.6 Å². The smallest absolute Gasteiger partial charge is 0.252 e. The number of nitrogens with one attached hydrogen (secondary N) is 1. The summed E-state index contributed by atoms with van der Waals surface area (Å²) in [6, 6.07) is 1.06. The summed E-state index contributed by atoms with van der Waals surface area (Å²) in [7, 11) is 1.38. The molecule has 2 rings (SSSR count). The van der Waals surface area contributed by atoms with Gasteiger partial charge in [0.2, 0.25) is 0 Å². The number of primary amides is 1. The lowest BCUT2D eigenvalue weighted by Crippen LogP contribution is -2.13. The minimum Gasteiger partial charge on any atom is -0.494 e. The van der Waals surface area contributed by atoms with E-state index in [0.29, 0.717) is 11.1 Å². The quantitative estimate of drug-likeness (QED) is 0.872. The van der Waals surface area contributed by atoms with Gasteiger partial charge in [0, 0.05) is 5.69 Å². The molecule has 0 aliphatic carbocycles. The van der Waals surface area contributed by atoms with Crippen LogP contribution in [0.3, 0.4) is 0 Å². The molecule has 1 aromatic carbocycles. The molecule has 0 radical (unpaired) electrons. The van der Waals surface area contributed by atoms with E-state index in [2.05, 4.69) is 10.2 Å². The minimum atomic E-state index is -0.752. The normalized spacial score (nSPS) is 8.59. The first-order chi connectivity index (χ1) is 10.6. The van der Waals surface area contributed by atoms with Gasteiger partial charge in [-0.25, -0.2) is 4.39 Å². The molecule has 3 N–H and O–H groups in total. The zero-order valence-electron chi connectivity index (χ0n) is 14.8. The van der Waals surface area contributed by atoms with Crippen LogP contribution in [-0.4, -0.2) is 23.2 Å². The van der Waals surface area contributed by atoms with E-state index in [1.807, 2.05) is 41.5 Å². The number of H-pyrrole nitrogens is 1. The molecular formula is C16H28FN3O2. The predicted octanol–water partition coefficient (Wildman–Crippen LogP) is 4.20. The van der Waals surface area contributed by atoms with Crippen LogP contribution in [0.5, 0.6) is 5.75 Å². The second kappa shape index (κ2) is 11.5. The number of aryl methyl sites for hydroxylation is 1. The number of carbonyl (C=O) groups excluding carboxylic acids is 1. The zero-order valence-corrected chi connectivity index (χ0v) is 14.8. The fraction of sp³-hybridized carbons (Fsp3) is 0.500. The molecule has 0 atom stereocenters. The van der Waals surface area contributed by atoms with E-state index in [1.165, 1.54) is 7.11 Å². The molecular weight excluding hydrogens is 285 g/mol. The van der Waals surface area contributed by atoms with E-state index in [9.17, 15) is 9.18 Å². The van der Waals surface area contributed by atoms with Gasteiger partial charge in [0.25, 0.3) is 5.91 Å². The van der Waals surface area contributed by atoms with E-state index < -0.39 is 11.7 Å². The second-order valence-corrected chi connectivity index (χ2v) is 3.38. The molecule has 6 heteroatoms. The average molecular weight is 313 g/mol. The SMILES string of the molecule is CC.CC.CC.COc1c(C(N)=O)cc(F)c2c(C)[nH]nc12. The van der Waals surface area contributed by atoms with Gasteiger partial charge in [-0.1, -0.05) is 41.5 Å². The molecule has 126 valence electrons. The van der Waals surface area contributed by atoms with Crippen molar-refractivity contribution >= 4 is 16.8 Å². The van der Waals surface area contributed by atoms with Gasteiger partial charge in [0.15, 0.2) is 5.75 Å². The van der Waals surface area contributed by atoms with Crippen molar-refractivity contribution in [2.24, 2.45) is 5.73 Å². The van der Waals surface area contributed by atoms with Crippen LogP contribution in [-0.2, 0) is 0 Å². The lowest BCUT2D eigenvalue weighted by atomic mass is 10.1. The first-order valence-electron chi connectivity index (χ1n) is 7.57. The summed E-state index contributed by atoms with van der Waals surface area (Å²) in [5, 5.41) is 6.84. The fourth-order valence-corrected chi connectivity index (χ4v) is 1.67. The van der Waals surface area contributed by atoms with E-state index in [1.54, 1.807) is 6.92 Å². The number of nitrogens with zero attached hydrogens (tertiary/aromatic N) is 1. The highest BCUT2D eigenvalue weighted by atomic mass is 19.1. The highest BCUT2D eigenvalue weighted by molar-refractivity contribution is 6.02. The summed E-state index contributed by atoms with van der Waals surface area (Å²) in [6.07, 6.45) is 0. The third kappa shape index (κ3) is 4.72. The van der Waals surface area contributed by atoms with E-state index in [0.717, 1.165) is 6.07 Å². The Balaban J connectivity index is 0. The molecule has 0 spiro atoms. The molecule has 0 saturated heterocycles. The minimum absolute atomic E-state index is 0.0148. The van der Waals surface area contributed by atoms with Crippen molar-refractivity contribution in [3.8, 4) is 5.75 Å². The number of benzene rings is 1. The van der Waals surface area contributed by atoms with Crippen LogP contribution >= 0.6 is 0 Å². The Bertz CT molecular complexity index is 580. The Morgan fingerprint density at radius 2 is 1.73 bits per heavy atom. The largest absolute Gasteiger partial charge is 0.494 e. The van der Waals surface area contributed by atoms with E-state index in [-0.39, 0.29) is 16.8 Å². The van der Waals surface area contributed by atoms with Gasteiger partial charge in [-0.05, 0) is 13.0 Å². The average Bonchev–Trinajstić information content (AvgIpc) is 2.95. The van der Waals surface area contributed by atoms with Gasteiger partial charge in [0.1, 0.15) is 11.3 Å². The van der Waals surface area contributed by atoms with Crippen LogP contribution in [0.25, 0.3) is 10.9 Å². The fourth-order valence-electron chi connectivity index (χ4n) is 1.67. The van der Waals surface area contributed by atoms with Gasteiger partial charge in [-0.2, -0.15) is 5.10 Å². The summed E-state index contributed by atoms with van der Waals surface area (Å²) in [6.45, 7) is 13.7. The summed E-state index contributed by atoms with van der Waals surface area (Å²) in [5.74, 6) is -1.11. The lowest BCUT2D eigenvalue weighted by Gasteiger charge is -2.06. The highest BCUT2D eigenvalue weighted by Crippen LogP contribution is 2.31. The maximum Gasteiger partial charge on any atom is 0.252 e. The van der Waals surface area contributed by atoms with Crippen molar-refractivity contribution in [1.29, 1.82) is 0 Å². The van der Waals surface area contributed by atoms with Gasteiger partial charge in [0.05, 0.1) is 18.1 Å². The van der Waals surface area contributed by atoms with Crippen molar-refractivity contribution in [2.45, 2.75) is 48.5 Å². The summed E-state index contributed by atoms with van der Waals surface area (Å²) in [5.41, 5.74) is 5.96. The van der Waals surface area contributed by atoms with Crippen LogP contribution in [0.4, 0.5) is 4.39 Å². The first kappa shape index (κ1) is 22.2. The van der Waals surface area contributed by atoms with Crippen LogP contribution in [0, 0.1) is 12.7 Å². The van der Waals surface area contributed by atoms with Crippen molar-refractivity contribution in [3.05, 3.63) is 23.1 Å².